The molecular weight excluding hydrogens is 216 g/mol. The van der Waals surface area contributed by atoms with Gasteiger partial charge in [0.05, 0.1) is 11.2 Å². The zero-order chi connectivity index (χ0) is 12.4. The van der Waals surface area contributed by atoms with Crippen molar-refractivity contribution in [3.8, 4) is 0 Å². The van der Waals surface area contributed by atoms with Crippen LogP contribution in [0.4, 0.5) is 0 Å². The zero-order valence-corrected chi connectivity index (χ0v) is 10.8. The molecule has 3 nitrogen and oxygen atoms in total. The van der Waals surface area contributed by atoms with E-state index in [1.54, 1.807) is 6.92 Å². The Balaban J connectivity index is 2.03. The molecule has 0 aromatic carbocycles. The first-order valence-electron chi connectivity index (χ1n) is 6.88. The van der Waals surface area contributed by atoms with E-state index in [1.807, 2.05) is 0 Å². The Morgan fingerprint density at radius 1 is 1.41 bits per heavy atom. The lowest BCUT2D eigenvalue weighted by molar-refractivity contribution is -0.155. The van der Waals surface area contributed by atoms with Crippen LogP contribution in [0.3, 0.4) is 0 Å². The molecule has 1 aliphatic heterocycles. The molecule has 2 unspecified atom stereocenters. The number of rotatable bonds is 3. The molecule has 2 atom stereocenters. The van der Waals surface area contributed by atoms with Gasteiger partial charge in [0.15, 0.2) is 0 Å². The molecule has 1 saturated carbocycles. The highest BCUT2D eigenvalue weighted by Gasteiger charge is 2.44. The highest BCUT2D eigenvalue weighted by atomic mass is 16.5. The highest BCUT2D eigenvalue weighted by molar-refractivity contribution is 5.51. The van der Waals surface area contributed by atoms with E-state index in [1.165, 1.54) is 19.3 Å². The lowest BCUT2D eigenvalue weighted by Gasteiger charge is -2.47. The van der Waals surface area contributed by atoms with Crippen molar-refractivity contribution in [2.24, 2.45) is 5.92 Å². The van der Waals surface area contributed by atoms with Crippen LogP contribution in [-0.4, -0.2) is 29.2 Å². The van der Waals surface area contributed by atoms with Crippen molar-refractivity contribution in [2.75, 3.05) is 6.61 Å². The maximum absolute atomic E-state index is 10.6. The molecule has 3 heteroatoms. The minimum Gasteiger partial charge on any atom is -0.389 e. The van der Waals surface area contributed by atoms with Gasteiger partial charge in [0.1, 0.15) is 6.29 Å². The fourth-order valence-electron chi connectivity index (χ4n) is 3.44. The second-order valence-corrected chi connectivity index (χ2v) is 6.01. The molecule has 0 aromatic heterocycles. The lowest BCUT2D eigenvalue weighted by Crippen LogP contribution is -2.48. The second-order valence-electron chi connectivity index (χ2n) is 6.01. The fraction of sp³-hybridized carbons (Fsp3) is 0.929. The first kappa shape index (κ1) is 13.0. The van der Waals surface area contributed by atoms with Crippen molar-refractivity contribution < 1.29 is 14.6 Å². The van der Waals surface area contributed by atoms with Gasteiger partial charge < -0.3 is 14.6 Å². The third-order valence-corrected chi connectivity index (χ3v) is 4.63. The summed E-state index contributed by atoms with van der Waals surface area (Å²) in [6.45, 7) is 2.54. The average molecular weight is 240 g/mol. The smallest absolute Gasteiger partial charge is 0.122 e. The van der Waals surface area contributed by atoms with E-state index in [0.29, 0.717) is 0 Å². The molecule has 17 heavy (non-hydrogen) atoms. The van der Waals surface area contributed by atoms with E-state index in [4.69, 9.17) is 4.74 Å². The molecular formula is C14H24O3. The Morgan fingerprint density at radius 2 is 2.12 bits per heavy atom. The van der Waals surface area contributed by atoms with Crippen LogP contribution >= 0.6 is 0 Å². The van der Waals surface area contributed by atoms with Crippen molar-refractivity contribution in [1.29, 1.82) is 0 Å². The van der Waals surface area contributed by atoms with Gasteiger partial charge in [-0.05, 0) is 38.5 Å². The first-order chi connectivity index (χ1) is 8.08. The highest BCUT2D eigenvalue weighted by Crippen LogP contribution is 2.44. The van der Waals surface area contributed by atoms with E-state index < -0.39 is 5.60 Å². The van der Waals surface area contributed by atoms with Crippen LogP contribution in [0.2, 0.25) is 0 Å². The third kappa shape index (κ3) is 2.89. The molecule has 1 N–H and O–H groups in total. The van der Waals surface area contributed by atoms with Crippen LogP contribution in [-0.2, 0) is 9.53 Å². The Labute approximate surface area is 104 Å². The number of aliphatic hydroxyl groups is 1. The zero-order valence-electron chi connectivity index (χ0n) is 10.8. The number of ether oxygens (including phenoxy) is 1. The molecule has 1 saturated heterocycles. The van der Waals surface area contributed by atoms with Gasteiger partial charge in [-0.25, -0.2) is 0 Å². The van der Waals surface area contributed by atoms with Crippen molar-refractivity contribution in [3.63, 3.8) is 0 Å². The summed E-state index contributed by atoms with van der Waals surface area (Å²) in [7, 11) is 0. The average Bonchev–Trinajstić information content (AvgIpc) is 2.30. The quantitative estimate of drug-likeness (QED) is 0.771. The summed E-state index contributed by atoms with van der Waals surface area (Å²) in [6, 6.07) is 0. The summed E-state index contributed by atoms with van der Waals surface area (Å²) in [4.78, 5) is 10.6. The Kier molecular flexibility index (Phi) is 3.88. The molecule has 2 rings (SSSR count). The monoisotopic (exact) mass is 240 g/mol. The van der Waals surface area contributed by atoms with E-state index >= 15 is 0 Å². The molecule has 98 valence electrons. The number of hydrogen-bond acceptors (Lipinski definition) is 3. The van der Waals surface area contributed by atoms with Gasteiger partial charge in [-0.1, -0.05) is 19.3 Å². The van der Waals surface area contributed by atoms with Gasteiger partial charge in [-0.2, -0.15) is 0 Å². The summed E-state index contributed by atoms with van der Waals surface area (Å²) in [6.07, 6.45) is 8.92. The largest absolute Gasteiger partial charge is 0.389 e. The van der Waals surface area contributed by atoms with Crippen LogP contribution in [0.1, 0.15) is 58.3 Å². The molecule has 2 aliphatic rings. The lowest BCUT2D eigenvalue weighted by atomic mass is 9.70. The van der Waals surface area contributed by atoms with E-state index in [2.05, 4.69) is 0 Å². The van der Waals surface area contributed by atoms with Gasteiger partial charge in [0, 0.05) is 13.0 Å². The Morgan fingerprint density at radius 3 is 2.76 bits per heavy atom. The maximum atomic E-state index is 10.6. The molecule has 0 amide bonds. The van der Waals surface area contributed by atoms with E-state index in [0.717, 1.165) is 38.6 Å². The van der Waals surface area contributed by atoms with Gasteiger partial charge in [-0.3, -0.25) is 0 Å². The van der Waals surface area contributed by atoms with Crippen LogP contribution in [0.15, 0.2) is 0 Å². The van der Waals surface area contributed by atoms with Crippen molar-refractivity contribution >= 4 is 6.29 Å². The van der Waals surface area contributed by atoms with Gasteiger partial charge in [0.2, 0.25) is 0 Å². The molecule has 0 aromatic rings. The number of carbonyl (C=O) groups excluding carboxylic acids is 1. The standard InChI is InChI=1S/C14H24O3/c1-13(16,8-9-15)12-5-10-17-14(11-12)6-3-2-4-7-14/h9,12,16H,2-8,10-11H2,1H3. The summed E-state index contributed by atoms with van der Waals surface area (Å²) in [5.74, 6) is 0.208. The molecule has 1 spiro atoms. The SMILES string of the molecule is CC(O)(CC=O)C1CCOC2(CCCCC2)C1. The predicted octanol–water partition coefficient (Wildman–Crippen LogP) is 2.46. The summed E-state index contributed by atoms with van der Waals surface area (Å²) in [5, 5.41) is 10.4. The first-order valence-corrected chi connectivity index (χ1v) is 6.88. The normalized spacial score (nSPS) is 32.0. The van der Waals surface area contributed by atoms with Gasteiger partial charge in [0.25, 0.3) is 0 Å². The van der Waals surface area contributed by atoms with Crippen LogP contribution in [0.5, 0.6) is 0 Å². The summed E-state index contributed by atoms with van der Waals surface area (Å²) >= 11 is 0. The van der Waals surface area contributed by atoms with Crippen molar-refractivity contribution in [2.45, 2.75) is 69.5 Å². The number of carbonyl (C=O) groups is 1. The Hall–Kier alpha value is -0.410. The Bertz CT molecular complexity index is 261. The number of hydrogen-bond donors (Lipinski definition) is 1. The van der Waals surface area contributed by atoms with E-state index in [9.17, 15) is 9.90 Å². The fourth-order valence-corrected chi connectivity index (χ4v) is 3.44. The minimum atomic E-state index is -0.851. The molecule has 1 heterocycles. The maximum Gasteiger partial charge on any atom is 0.122 e. The molecule has 1 aliphatic carbocycles. The molecule has 0 radical (unpaired) electrons. The third-order valence-electron chi connectivity index (χ3n) is 4.63. The van der Waals surface area contributed by atoms with Crippen LogP contribution in [0.25, 0.3) is 0 Å². The van der Waals surface area contributed by atoms with Crippen molar-refractivity contribution in [1.82, 2.24) is 0 Å². The molecule has 2 fully saturated rings. The minimum absolute atomic E-state index is 0.00798. The van der Waals surface area contributed by atoms with Gasteiger partial charge in [-0.15, -0.1) is 0 Å². The van der Waals surface area contributed by atoms with Gasteiger partial charge >= 0.3 is 0 Å². The topological polar surface area (TPSA) is 46.5 Å². The number of aldehydes is 1. The second kappa shape index (κ2) is 5.07. The van der Waals surface area contributed by atoms with Crippen LogP contribution in [0, 0.1) is 5.92 Å². The van der Waals surface area contributed by atoms with Crippen LogP contribution < -0.4 is 0 Å². The van der Waals surface area contributed by atoms with Crippen molar-refractivity contribution in [3.05, 3.63) is 0 Å². The molecule has 0 bridgehead atoms. The predicted molar refractivity (Wildman–Crippen MR) is 65.8 cm³/mol. The summed E-state index contributed by atoms with van der Waals surface area (Å²) < 4.78 is 6.01. The van der Waals surface area contributed by atoms with E-state index in [-0.39, 0.29) is 17.9 Å². The summed E-state index contributed by atoms with van der Waals surface area (Å²) in [5.41, 5.74) is -0.843.